The lowest BCUT2D eigenvalue weighted by molar-refractivity contribution is 0.318. The Kier molecular flexibility index (Phi) is 5.26. The molecule has 0 radical (unpaired) electrons. The molecule has 1 aromatic carbocycles. The molecule has 1 aliphatic heterocycles. The Labute approximate surface area is 171 Å². The number of halogens is 2. The maximum Gasteiger partial charge on any atom is 0.141 e. The summed E-state index contributed by atoms with van der Waals surface area (Å²) in [5.74, 6) is 0.967. The molecule has 3 aromatic rings. The number of aliphatic imine (C=N–C) groups is 1. The fraction of sp³-hybridized carbons (Fsp3) is 0.200. The number of rotatable bonds is 5. The molecular weight excluding hydrogens is 395 g/mol. The molecule has 148 valence electrons. The fourth-order valence-corrected chi connectivity index (χ4v) is 3.45. The van der Waals surface area contributed by atoms with Crippen molar-refractivity contribution in [1.29, 1.82) is 0 Å². The summed E-state index contributed by atoms with van der Waals surface area (Å²) in [4.78, 5) is 8.94. The number of aromatic nitrogens is 3. The van der Waals surface area contributed by atoms with Crippen LogP contribution in [0.2, 0.25) is 5.02 Å². The smallest absolute Gasteiger partial charge is 0.141 e. The van der Waals surface area contributed by atoms with Gasteiger partial charge in [0.25, 0.3) is 0 Å². The van der Waals surface area contributed by atoms with E-state index in [1.807, 2.05) is 19.3 Å². The zero-order valence-electron chi connectivity index (χ0n) is 15.6. The normalized spacial score (nSPS) is 14.9. The van der Waals surface area contributed by atoms with E-state index in [-0.39, 0.29) is 5.02 Å². The molecule has 29 heavy (non-hydrogen) atoms. The molecule has 0 saturated carbocycles. The fourth-order valence-electron chi connectivity index (χ4n) is 3.24. The van der Waals surface area contributed by atoms with Gasteiger partial charge in [-0.1, -0.05) is 22.8 Å². The zero-order chi connectivity index (χ0) is 20.4. The van der Waals surface area contributed by atoms with E-state index in [2.05, 4.69) is 25.5 Å². The third kappa shape index (κ3) is 4.12. The summed E-state index contributed by atoms with van der Waals surface area (Å²) in [5, 5.41) is 20.6. The number of nitrogens with one attached hydrogen (secondary N) is 1. The van der Waals surface area contributed by atoms with Crippen LogP contribution in [0.5, 0.6) is 0 Å². The van der Waals surface area contributed by atoms with Gasteiger partial charge in [-0.15, -0.1) is 0 Å². The Balaban J connectivity index is 1.56. The second-order valence-electron chi connectivity index (χ2n) is 6.70. The minimum atomic E-state index is -0.485. The van der Waals surface area contributed by atoms with Gasteiger partial charge in [-0.3, -0.25) is 9.67 Å². The molecular formula is C20H18ClFN6O. The van der Waals surface area contributed by atoms with Gasteiger partial charge in [0.15, 0.2) is 0 Å². The van der Waals surface area contributed by atoms with E-state index in [4.69, 9.17) is 11.6 Å². The second-order valence-corrected chi connectivity index (χ2v) is 7.11. The monoisotopic (exact) mass is 412 g/mol. The molecule has 9 heteroatoms. The molecule has 2 N–H and O–H groups in total. The highest BCUT2D eigenvalue weighted by Crippen LogP contribution is 2.27. The van der Waals surface area contributed by atoms with Crippen LogP contribution < -0.4 is 5.32 Å². The molecule has 7 nitrogen and oxygen atoms in total. The topological polar surface area (TPSA) is 87.7 Å². The number of amidine groups is 1. The van der Waals surface area contributed by atoms with E-state index in [0.717, 1.165) is 28.2 Å². The molecule has 0 spiro atoms. The van der Waals surface area contributed by atoms with Crippen LogP contribution in [0.1, 0.15) is 22.4 Å². The molecule has 0 amide bonds. The van der Waals surface area contributed by atoms with Crippen molar-refractivity contribution in [2.45, 2.75) is 19.4 Å². The summed E-state index contributed by atoms with van der Waals surface area (Å²) < 4.78 is 15.1. The van der Waals surface area contributed by atoms with Crippen LogP contribution in [0.15, 0.2) is 52.9 Å². The lowest BCUT2D eigenvalue weighted by Crippen LogP contribution is -2.09. The Hall–Kier alpha value is -3.26. The first-order chi connectivity index (χ1) is 14.0. The standard InChI is InChI=1S/C20H18ClFN6O/c1-28-7-5-13(26-28)11-24-19-10-15-14(4-6-23-20(15)25-19)18(27-29)9-12-2-3-17(22)16(21)8-12/h2-8,29H,9-11H2,1H3,(H,23,24,25)/b27-18+. The number of anilines is 1. The van der Waals surface area contributed by atoms with Gasteiger partial charge >= 0.3 is 0 Å². The quantitative estimate of drug-likeness (QED) is 0.381. The average Bonchev–Trinajstić information content (AvgIpc) is 3.32. The first kappa shape index (κ1) is 19.1. The number of aryl methyl sites for hydroxylation is 1. The highest BCUT2D eigenvalue weighted by Gasteiger charge is 2.23. The number of hydrogen-bond acceptors (Lipinski definition) is 5. The van der Waals surface area contributed by atoms with Gasteiger partial charge in [0.05, 0.1) is 23.0 Å². The van der Waals surface area contributed by atoms with Gasteiger partial charge < -0.3 is 10.5 Å². The van der Waals surface area contributed by atoms with Crippen molar-refractivity contribution >= 4 is 29.0 Å². The van der Waals surface area contributed by atoms with E-state index in [1.165, 1.54) is 12.1 Å². The lowest BCUT2D eigenvalue weighted by Gasteiger charge is -2.09. The van der Waals surface area contributed by atoms with Crippen LogP contribution in [0, 0.1) is 5.82 Å². The molecule has 0 atom stereocenters. The van der Waals surface area contributed by atoms with Gasteiger partial charge in [-0.25, -0.2) is 9.37 Å². The SMILES string of the molecule is Cn1ccc(CN=C2Cc3c(/C(Cc4ccc(F)c(Cl)c4)=N/O)ccnc3N2)n1. The first-order valence-electron chi connectivity index (χ1n) is 8.95. The number of hydrogen-bond donors (Lipinski definition) is 2. The van der Waals surface area contributed by atoms with Crippen molar-refractivity contribution in [2.24, 2.45) is 17.2 Å². The highest BCUT2D eigenvalue weighted by atomic mass is 35.5. The predicted molar refractivity (Wildman–Crippen MR) is 109 cm³/mol. The summed E-state index contributed by atoms with van der Waals surface area (Å²) in [6.07, 6.45) is 4.35. The number of oxime groups is 1. The Bertz CT molecular complexity index is 1120. The van der Waals surface area contributed by atoms with E-state index in [0.29, 0.717) is 30.9 Å². The number of pyridine rings is 1. The Morgan fingerprint density at radius 1 is 1.34 bits per heavy atom. The van der Waals surface area contributed by atoms with E-state index in [9.17, 15) is 9.60 Å². The molecule has 1 aliphatic rings. The van der Waals surface area contributed by atoms with Crippen molar-refractivity contribution in [2.75, 3.05) is 5.32 Å². The highest BCUT2D eigenvalue weighted by molar-refractivity contribution is 6.30. The maximum absolute atomic E-state index is 13.4. The van der Waals surface area contributed by atoms with Crippen molar-refractivity contribution in [3.8, 4) is 0 Å². The summed E-state index contributed by atoms with van der Waals surface area (Å²) in [7, 11) is 1.86. The Morgan fingerprint density at radius 3 is 2.93 bits per heavy atom. The largest absolute Gasteiger partial charge is 0.411 e. The lowest BCUT2D eigenvalue weighted by atomic mass is 9.98. The van der Waals surface area contributed by atoms with Crippen molar-refractivity contribution in [3.05, 3.63) is 75.9 Å². The van der Waals surface area contributed by atoms with Crippen LogP contribution >= 0.6 is 11.6 Å². The van der Waals surface area contributed by atoms with Gasteiger partial charge in [0, 0.05) is 43.4 Å². The number of fused-ring (bicyclic) bond motifs is 1. The zero-order valence-corrected chi connectivity index (χ0v) is 16.4. The van der Waals surface area contributed by atoms with Crippen LogP contribution in [-0.4, -0.2) is 31.5 Å². The third-order valence-corrected chi connectivity index (χ3v) is 4.94. The third-order valence-electron chi connectivity index (χ3n) is 4.65. The van der Waals surface area contributed by atoms with E-state index < -0.39 is 5.82 Å². The van der Waals surface area contributed by atoms with Crippen LogP contribution in [0.4, 0.5) is 10.2 Å². The summed E-state index contributed by atoms with van der Waals surface area (Å²) in [6.45, 7) is 0.460. The van der Waals surface area contributed by atoms with Crippen molar-refractivity contribution < 1.29 is 9.60 Å². The van der Waals surface area contributed by atoms with Crippen LogP contribution in [-0.2, 0) is 26.4 Å². The molecule has 0 aliphatic carbocycles. The van der Waals surface area contributed by atoms with E-state index in [1.54, 1.807) is 23.0 Å². The van der Waals surface area contributed by atoms with E-state index >= 15 is 0 Å². The van der Waals surface area contributed by atoms with Gasteiger partial charge in [-0.05, 0) is 29.8 Å². The van der Waals surface area contributed by atoms with Crippen molar-refractivity contribution in [1.82, 2.24) is 14.8 Å². The van der Waals surface area contributed by atoms with Crippen molar-refractivity contribution in [3.63, 3.8) is 0 Å². The molecule has 0 unspecified atom stereocenters. The molecule has 0 bridgehead atoms. The molecule has 4 rings (SSSR count). The predicted octanol–water partition coefficient (Wildman–Crippen LogP) is 3.60. The van der Waals surface area contributed by atoms with Crippen LogP contribution in [0.25, 0.3) is 0 Å². The second kappa shape index (κ2) is 8.00. The maximum atomic E-state index is 13.4. The summed E-state index contributed by atoms with van der Waals surface area (Å²) >= 11 is 5.87. The molecule has 0 fully saturated rings. The minimum absolute atomic E-state index is 0.0327. The van der Waals surface area contributed by atoms with Gasteiger partial charge in [0.2, 0.25) is 0 Å². The first-order valence-corrected chi connectivity index (χ1v) is 9.33. The molecule has 2 aromatic heterocycles. The number of nitrogens with zero attached hydrogens (tertiary/aromatic N) is 5. The number of benzene rings is 1. The summed E-state index contributed by atoms with van der Waals surface area (Å²) in [6, 6.07) is 8.16. The molecule has 3 heterocycles. The van der Waals surface area contributed by atoms with Gasteiger partial charge in [0.1, 0.15) is 17.5 Å². The van der Waals surface area contributed by atoms with Crippen LogP contribution in [0.3, 0.4) is 0 Å². The average molecular weight is 413 g/mol. The molecule has 0 saturated heterocycles. The minimum Gasteiger partial charge on any atom is -0.411 e. The summed E-state index contributed by atoms with van der Waals surface area (Å²) in [5.41, 5.74) is 3.71. The van der Waals surface area contributed by atoms with Gasteiger partial charge in [-0.2, -0.15) is 5.10 Å². The Morgan fingerprint density at radius 2 is 2.21 bits per heavy atom.